The number of hydrogen-bond acceptors (Lipinski definition) is 3. The summed E-state index contributed by atoms with van der Waals surface area (Å²) in [5, 5.41) is 0. The van der Waals surface area contributed by atoms with Gasteiger partial charge in [0.25, 0.3) is 0 Å². The zero-order valence-corrected chi connectivity index (χ0v) is 12.6. The molecule has 0 aliphatic heterocycles. The summed E-state index contributed by atoms with van der Waals surface area (Å²) in [5.41, 5.74) is 2.49. The number of benzene rings is 1. The van der Waals surface area contributed by atoms with E-state index in [9.17, 15) is 8.42 Å². The van der Waals surface area contributed by atoms with E-state index in [1.807, 2.05) is 25.1 Å². The number of rotatable bonds is 4. The average Bonchev–Trinajstić information content (AvgIpc) is 2.42. The first-order valence-corrected chi connectivity index (χ1v) is 7.88. The van der Waals surface area contributed by atoms with E-state index in [-0.39, 0.29) is 6.04 Å². The Kier molecular flexibility index (Phi) is 4.20. The third kappa shape index (κ3) is 3.23. The van der Waals surface area contributed by atoms with Crippen molar-refractivity contribution in [1.82, 2.24) is 9.71 Å². The first kappa shape index (κ1) is 14.7. The lowest BCUT2D eigenvalue weighted by molar-refractivity contribution is 0.566. The van der Waals surface area contributed by atoms with Gasteiger partial charge in [0, 0.05) is 18.4 Å². The van der Waals surface area contributed by atoms with Crippen LogP contribution in [-0.2, 0) is 10.0 Å². The Bertz CT molecular complexity index is 697. The third-order valence-electron chi connectivity index (χ3n) is 3.15. The van der Waals surface area contributed by atoms with Gasteiger partial charge < -0.3 is 0 Å². The Labute approximate surface area is 119 Å². The molecule has 1 N–H and O–H groups in total. The molecule has 0 bridgehead atoms. The average molecular weight is 290 g/mol. The molecule has 4 nitrogen and oxygen atoms in total. The summed E-state index contributed by atoms with van der Waals surface area (Å²) in [4.78, 5) is 4.33. The van der Waals surface area contributed by atoms with Crippen LogP contribution in [0.1, 0.15) is 29.7 Å². The first-order valence-electron chi connectivity index (χ1n) is 6.39. The van der Waals surface area contributed by atoms with Crippen LogP contribution in [0.2, 0.25) is 0 Å². The van der Waals surface area contributed by atoms with Gasteiger partial charge in [0.15, 0.2) is 0 Å². The molecule has 0 saturated carbocycles. The topological polar surface area (TPSA) is 59.1 Å². The van der Waals surface area contributed by atoms with Gasteiger partial charge in [-0.25, -0.2) is 13.1 Å². The standard InChI is InChI=1S/C15H18N2O2S/c1-11-6-7-12(2)15(9-11)20(18,19)17-13(3)14-5-4-8-16-10-14/h4-10,13,17H,1-3H3/t13-/m0/s1. The molecule has 0 saturated heterocycles. The monoisotopic (exact) mass is 290 g/mol. The van der Waals surface area contributed by atoms with E-state index in [4.69, 9.17) is 0 Å². The van der Waals surface area contributed by atoms with E-state index >= 15 is 0 Å². The number of aromatic nitrogens is 1. The van der Waals surface area contributed by atoms with Crippen LogP contribution < -0.4 is 4.72 Å². The molecule has 1 aromatic carbocycles. The van der Waals surface area contributed by atoms with Crippen LogP contribution in [0.5, 0.6) is 0 Å². The maximum absolute atomic E-state index is 12.5. The zero-order valence-electron chi connectivity index (χ0n) is 11.8. The molecule has 0 unspecified atom stereocenters. The Morgan fingerprint density at radius 3 is 2.60 bits per heavy atom. The fourth-order valence-corrected chi connectivity index (χ4v) is 3.55. The summed E-state index contributed by atoms with van der Waals surface area (Å²) in [6, 6.07) is 8.72. The third-order valence-corrected chi connectivity index (χ3v) is 4.83. The van der Waals surface area contributed by atoms with Crippen molar-refractivity contribution in [3.05, 3.63) is 59.4 Å². The Balaban J connectivity index is 2.30. The van der Waals surface area contributed by atoms with Crippen LogP contribution in [-0.4, -0.2) is 13.4 Å². The summed E-state index contributed by atoms with van der Waals surface area (Å²) in [5.74, 6) is 0. The van der Waals surface area contributed by atoms with Crippen molar-refractivity contribution in [3.63, 3.8) is 0 Å². The molecule has 20 heavy (non-hydrogen) atoms. The number of sulfonamides is 1. The molecular weight excluding hydrogens is 272 g/mol. The Morgan fingerprint density at radius 1 is 1.20 bits per heavy atom. The predicted molar refractivity (Wildman–Crippen MR) is 78.9 cm³/mol. The van der Waals surface area contributed by atoms with E-state index in [0.29, 0.717) is 4.90 Å². The van der Waals surface area contributed by atoms with E-state index in [1.165, 1.54) is 0 Å². The van der Waals surface area contributed by atoms with Crippen molar-refractivity contribution in [2.24, 2.45) is 0 Å². The molecule has 106 valence electrons. The molecule has 2 aromatic rings. The van der Waals surface area contributed by atoms with Gasteiger partial charge in [0.05, 0.1) is 4.90 Å². The summed E-state index contributed by atoms with van der Waals surface area (Å²) < 4.78 is 27.6. The van der Waals surface area contributed by atoms with Crippen molar-refractivity contribution < 1.29 is 8.42 Å². The lowest BCUT2D eigenvalue weighted by Crippen LogP contribution is -2.27. The van der Waals surface area contributed by atoms with Crippen LogP contribution in [0.25, 0.3) is 0 Å². The summed E-state index contributed by atoms with van der Waals surface area (Å²) in [6.07, 6.45) is 3.33. The summed E-state index contributed by atoms with van der Waals surface area (Å²) >= 11 is 0. The lowest BCUT2D eigenvalue weighted by Gasteiger charge is -2.15. The fraction of sp³-hybridized carbons (Fsp3) is 0.267. The highest BCUT2D eigenvalue weighted by Crippen LogP contribution is 2.20. The minimum Gasteiger partial charge on any atom is -0.264 e. The molecule has 2 rings (SSSR count). The SMILES string of the molecule is Cc1ccc(C)c(S(=O)(=O)N[C@@H](C)c2cccnc2)c1. The number of nitrogens with one attached hydrogen (secondary N) is 1. The van der Waals surface area contributed by atoms with Crippen LogP contribution in [0.3, 0.4) is 0 Å². The Hall–Kier alpha value is -1.72. The predicted octanol–water partition coefficient (Wildman–Crippen LogP) is 2.74. The summed E-state index contributed by atoms with van der Waals surface area (Å²) in [6.45, 7) is 5.48. The van der Waals surface area contributed by atoms with Gasteiger partial charge in [-0.15, -0.1) is 0 Å². The summed E-state index contributed by atoms with van der Waals surface area (Å²) in [7, 11) is -3.54. The number of nitrogens with zero attached hydrogens (tertiary/aromatic N) is 1. The molecule has 5 heteroatoms. The van der Waals surface area contributed by atoms with E-state index < -0.39 is 10.0 Å². The van der Waals surface area contributed by atoms with Gasteiger partial charge >= 0.3 is 0 Å². The molecule has 1 heterocycles. The van der Waals surface area contributed by atoms with E-state index in [0.717, 1.165) is 16.7 Å². The molecule has 1 aromatic heterocycles. The molecule has 0 fully saturated rings. The van der Waals surface area contributed by atoms with Crippen molar-refractivity contribution >= 4 is 10.0 Å². The normalized spacial score (nSPS) is 13.2. The lowest BCUT2D eigenvalue weighted by atomic mass is 10.2. The highest BCUT2D eigenvalue weighted by Gasteiger charge is 2.20. The van der Waals surface area contributed by atoms with Crippen molar-refractivity contribution in [2.75, 3.05) is 0 Å². The highest BCUT2D eigenvalue weighted by molar-refractivity contribution is 7.89. The van der Waals surface area contributed by atoms with Crippen LogP contribution >= 0.6 is 0 Å². The van der Waals surface area contributed by atoms with Crippen LogP contribution in [0.4, 0.5) is 0 Å². The first-order chi connectivity index (χ1) is 9.40. The second-order valence-electron chi connectivity index (χ2n) is 4.90. The molecule has 0 radical (unpaired) electrons. The van der Waals surface area contributed by atoms with E-state index in [2.05, 4.69) is 9.71 Å². The second kappa shape index (κ2) is 5.73. The number of hydrogen-bond donors (Lipinski definition) is 1. The van der Waals surface area contributed by atoms with Crippen molar-refractivity contribution in [2.45, 2.75) is 31.7 Å². The molecular formula is C15H18N2O2S. The van der Waals surface area contributed by atoms with Gasteiger partial charge in [-0.3, -0.25) is 4.98 Å². The van der Waals surface area contributed by atoms with Gasteiger partial charge in [-0.05, 0) is 49.6 Å². The maximum atomic E-state index is 12.5. The molecule has 0 spiro atoms. The Morgan fingerprint density at radius 2 is 1.95 bits per heavy atom. The fourth-order valence-electron chi connectivity index (χ4n) is 1.99. The zero-order chi connectivity index (χ0) is 14.8. The molecule has 1 atom stereocenters. The smallest absolute Gasteiger partial charge is 0.241 e. The van der Waals surface area contributed by atoms with Crippen molar-refractivity contribution in [1.29, 1.82) is 0 Å². The number of aryl methyl sites for hydroxylation is 2. The van der Waals surface area contributed by atoms with E-state index in [1.54, 1.807) is 38.4 Å². The van der Waals surface area contributed by atoms with Gasteiger partial charge in [0.2, 0.25) is 10.0 Å². The second-order valence-corrected chi connectivity index (χ2v) is 6.58. The van der Waals surface area contributed by atoms with Gasteiger partial charge in [-0.1, -0.05) is 18.2 Å². The number of pyridine rings is 1. The van der Waals surface area contributed by atoms with Gasteiger partial charge in [0.1, 0.15) is 0 Å². The maximum Gasteiger partial charge on any atom is 0.241 e. The molecule has 0 amide bonds. The van der Waals surface area contributed by atoms with Crippen LogP contribution in [0, 0.1) is 13.8 Å². The minimum absolute atomic E-state index is 0.325. The quantitative estimate of drug-likeness (QED) is 0.942. The van der Waals surface area contributed by atoms with Crippen LogP contribution in [0.15, 0.2) is 47.6 Å². The highest BCUT2D eigenvalue weighted by atomic mass is 32.2. The minimum atomic E-state index is -3.54. The van der Waals surface area contributed by atoms with Gasteiger partial charge in [-0.2, -0.15) is 0 Å². The largest absolute Gasteiger partial charge is 0.264 e. The molecule has 0 aliphatic carbocycles. The van der Waals surface area contributed by atoms with Crippen molar-refractivity contribution in [3.8, 4) is 0 Å². The molecule has 0 aliphatic rings.